The lowest BCUT2D eigenvalue weighted by Gasteiger charge is -2.05. The van der Waals surface area contributed by atoms with Crippen molar-refractivity contribution < 1.29 is 19.9 Å². The fourth-order valence-electron chi connectivity index (χ4n) is 0.982. The molecule has 6 nitrogen and oxygen atoms in total. The molecule has 0 saturated heterocycles. The summed E-state index contributed by atoms with van der Waals surface area (Å²) >= 11 is 2.95. The second-order valence-electron chi connectivity index (χ2n) is 2.71. The van der Waals surface area contributed by atoms with Crippen molar-refractivity contribution in [3.8, 4) is 0 Å². The molecule has 0 aromatic heterocycles. The fraction of sp³-hybridized carbons (Fsp3) is 0.125. The van der Waals surface area contributed by atoms with Crippen LogP contribution in [0.2, 0.25) is 0 Å². The molecule has 0 bridgehead atoms. The molecule has 0 heterocycles. The smallest absolute Gasteiger partial charge is 0.337 e. The molecule has 0 aliphatic heterocycles. The van der Waals surface area contributed by atoms with Crippen LogP contribution in [-0.4, -0.2) is 21.1 Å². The van der Waals surface area contributed by atoms with Crippen LogP contribution in [0.3, 0.4) is 0 Å². The van der Waals surface area contributed by atoms with Crippen LogP contribution < -0.4 is 0 Å². The molecule has 0 amide bonds. The molecule has 1 aromatic rings. The second kappa shape index (κ2) is 4.37. The Labute approximate surface area is 92.4 Å². The zero-order chi connectivity index (χ0) is 11.6. The summed E-state index contributed by atoms with van der Waals surface area (Å²) in [6.45, 7) is 0. The minimum Gasteiger partial charge on any atom is -0.479 e. The van der Waals surface area contributed by atoms with Crippen LogP contribution in [0, 0.1) is 10.1 Å². The van der Waals surface area contributed by atoms with Crippen molar-refractivity contribution in [2.24, 2.45) is 0 Å². The molecule has 0 unspecified atom stereocenters. The van der Waals surface area contributed by atoms with Crippen molar-refractivity contribution in [1.82, 2.24) is 0 Å². The van der Waals surface area contributed by atoms with E-state index in [1.807, 2.05) is 0 Å². The number of benzene rings is 1. The summed E-state index contributed by atoms with van der Waals surface area (Å²) in [5.74, 6) is -1.45. The number of hydrogen-bond donors (Lipinski definition) is 2. The highest BCUT2D eigenvalue weighted by Gasteiger charge is 2.20. The fourth-order valence-corrected chi connectivity index (χ4v) is 1.37. The first-order valence-corrected chi connectivity index (χ1v) is 4.57. The number of nitrogens with zero attached hydrogens (tertiary/aromatic N) is 1. The van der Waals surface area contributed by atoms with E-state index < -0.39 is 17.0 Å². The molecule has 80 valence electrons. The van der Waals surface area contributed by atoms with Crippen molar-refractivity contribution in [2.75, 3.05) is 0 Å². The number of carbonyl (C=O) groups is 1. The molecule has 2 N–H and O–H groups in total. The lowest BCUT2D eigenvalue weighted by Crippen LogP contribution is -2.10. The van der Waals surface area contributed by atoms with Gasteiger partial charge < -0.3 is 10.2 Å². The number of rotatable bonds is 3. The highest BCUT2D eigenvalue weighted by molar-refractivity contribution is 9.10. The largest absolute Gasteiger partial charge is 0.479 e. The van der Waals surface area contributed by atoms with Gasteiger partial charge in [0.25, 0.3) is 5.69 Å². The quantitative estimate of drug-likeness (QED) is 0.643. The van der Waals surface area contributed by atoms with E-state index in [1.165, 1.54) is 12.1 Å². The number of aliphatic carboxylic acids is 1. The van der Waals surface area contributed by atoms with Gasteiger partial charge in [-0.25, -0.2) is 4.79 Å². The van der Waals surface area contributed by atoms with Crippen molar-refractivity contribution in [3.63, 3.8) is 0 Å². The summed E-state index contributed by atoms with van der Waals surface area (Å²) in [6, 6.07) is 3.64. The average Bonchev–Trinajstić information content (AvgIpc) is 2.16. The second-order valence-corrected chi connectivity index (χ2v) is 3.56. The Morgan fingerprint density at radius 3 is 2.60 bits per heavy atom. The number of nitro groups is 1. The molecular formula is C8H6BrNO5. The number of hydrogen-bond acceptors (Lipinski definition) is 4. The number of aliphatic hydroxyl groups is 1. The number of carboxylic acids is 1. The van der Waals surface area contributed by atoms with Crippen LogP contribution >= 0.6 is 15.9 Å². The molecule has 1 atom stereocenters. The Morgan fingerprint density at radius 1 is 1.53 bits per heavy atom. The first-order valence-electron chi connectivity index (χ1n) is 3.78. The predicted octanol–water partition coefficient (Wildman–Crippen LogP) is 1.48. The van der Waals surface area contributed by atoms with Crippen molar-refractivity contribution in [3.05, 3.63) is 38.3 Å². The van der Waals surface area contributed by atoms with Gasteiger partial charge in [-0.3, -0.25) is 10.1 Å². The van der Waals surface area contributed by atoms with Crippen LogP contribution in [0.4, 0.5) is 5.69 Å². The number of carboxylic acid groups (broad SMARTS) is 1. The summed E-state index contributed by atoms with van der Waals surface area (Å²) in [7, 11) is 0. The van der Waals surface area contributed by atoms with E-state index in [4.69, 9.17) is 10.2 Å². The summed E-state index contributed by atoms with van der Waals surface area (Å²) in [4.78, 5) is 20.3. The molecule has 0 aliphatic rings. The van der Waals surface area contributed by atoms with Crippen LogP contribution in [0.1, 0.15) is 11.7 Å². The van der Waals surface area contributed by atoms with E-state index in [-0.39, 0.29) is 15.7 Å². The van der Waals surface area contributed by atoms with E-state index in [0.717, 1.165) is 6.07 Å². The molecule has 1 rings (SSSR count). The lowest BCUT2D eigenvalue weighted by molar-refractivity contribution is -0.385. The lowest BCUT2D eigenvalue weighted by atomic mass is 10.1. The minimum atomic E-state index is -1.75. The van der Waals surface area contributed by atoms with E-state index >= 15 is 0 Å². The van der Waals surface area contributed by atoms with Crippen molar-refractivity contribution in [2.45, 2.75) is 6.10 Å². The molecule has 0 saturated carbocycles. The molecule has 0 aliphatic carbocycles. The maximum atomic E-state index is 10.5. The minimum absolute atomic E-state index is 0.0302. The van der Waals surface area contributed by atoms with Crippen LogP contribution in [0.25, 0.3) is 0 Å². The van der Waals surface area contributed by atoms with E-state index in [0.29, 0.717) is 0 Å². The third kappa shape index (κ3) is 2.51. The Bertz CT molecular complexity index is 419. The predicted molar refractivity (Wildman–Crippen MR) is 53.4 cm³/mol. The monoisotopic (exact) mass is 275 g/mol. The number of nitro benzene ring substituents is 1. The molecule has 0 spiro atoms. The third-order valence-corrected chi connectivity index (χ3v) is 2.39. The topological polar surface area (TPSA) is 101 Å². The van der Waals surface area contributed by atoms with Gasteiger partial charge in [0.1, 0.15) is 0 Å². The first kappa shape index (κ1) is 11.6. The van der Waals surface area contributed by atoms with E-state index in [2.05, 4.69) is 15.9 Å². The SMILES string of the molecule is O=C(O)[C@@H](O)c1ccc(Br)c([N+](=O)[O-])c1. The zero-order valence-corrected chi connectivity index (χ0v) is 8.84. The number of aliphatic hydroxyl groups excluding tert-OH is 1. The van der Waals surface area contributed by atoms with Gasteiger partial charge in [0, 0.05) is 6.07 Å². The Kier molecular flexibility index (Phi) is 3.38. The molecule has 7 heteroatoms. The average molecular weight is 276 g/mol. The van der Waals surface area contributed by atoms with Crippen molar-refractivity contribution in [1.29, 1.82) is 0 Å². The van der Waals surface area contributed by atoms with Gasteiger partial charge in [-0.05, 0) is 27.6 Å². The molecule has 0 fully saturated rings. The highest BCUT2D eigenvalue weighted by Crippen LogP contribution is 2.28. The Morgan fingerprint density at radius 2 is 2.13 bits per heavy atom. The van der Waals surface area contributed by atoms with Gasteiger partial charge in [-0.15, -0.1) is 0 Å². The van der Waals surface area contributed by atoms with Crippen LogP contribution in [-0.2, 0) is 4.79 Å². The van der Waals surface area contributed by atoms with Crippen LogP contribution in [0.5, 0.6) is 0 Å². The standard InChI is InChI=1S/C8H6BrNO5/c9-5-2-1-4(7(11)8(12)13)3-6(5)10(14)15/h1-3,7,11H,(H,12,13)/t7-/m0/s1. The molecule has 15 heavy (non-hydrogen) atoms. The molecule has 0 radical (unpaired) electrons. The van der Waals surface area contributed by atoms with Crippen LogP contribution in [0.15, 0.2) is 22.7 Å². The Balaban J connectivity index is 3.18. The van der Waals surface area contributed by atoms with E-state index in [9.17, 15) is 14.9 Å². The molecular weight excluding hydrogens is 270 g/mol. The summed E-state index contributed by atoms with van der Waals surface area (Å²) < 4.78 is 0.230. The maximum Gasteiger partial charge on any atom is 0.337 e. The summed E-state index contributed by atoms with van der Waals surface area (Å²) in [5.41, 5.74) is -0.315. The normalized spacial score (nSPS) is 12.1. The van der Waals surface area contributed by atoms with Gasteiger partial charge >= 0.3 is 5.97 Å². The third-order valence-electron chi connectivity index (χ3n) is 1.72. The van der Waals surface area contributed by atoms with Gasteiger partial charge in [-0.2, -0.15) is 0 Å². The van der Waals surface area contributed by atoms with Gasteiger partial charge in [-0.1, -0.05) is 6.07 Å². The van der Waals surface area contributed by atoms with Crippen molar-refractivity contribution >= 4 is 27.6 Å². The summed E-state index contributed by atoms with van der Waals surface area (Å²) in [5, 5.41) is 28.2. The zero-order valence-electron chi connectivity index (χ0n) is 7.25. The molecule has 1 aromatic carbocycles. The van der Waals surface area contributed by atoms with Gasteiger partial charge in [0.2, 0.25) is 0 Å². The first-order chi connectivity index (χ1) is 6.93. The van der Waals surface area contributed by atoms with E-state index in [1.54, 1.807) is 0 Å². The Hall–Kier alpha value is -1.47. The van der Waals surface area contributed by atoms with Gasteiger partial charge in [0.05, 0.1) is 9.40 Å². The highest BCUT2D eigenvalue weighted by atomic mass is 79.9. The number of halogens is 1. The maximum absolute atomic E-state index is 10.5. The van der Waals surface area contributed by atoms with Gasteiger partial charge in [0.15, 0.2) is 6.10 Å². The summed E-state index contributed by atoms with van der Waals surface area (Å²) in [6.07, 6.45) is -1.75.